The minimum atomic E-state index is 0.124. The maximum atomic E-state index is 6.39. The van der Waals surface area contributed by atoms with Crippen molar-refractivity contribution in [1.29, 1.82) is 0 Å². The van der Waals surface area contributed by atoms with E-state index in [1.54, 1.807) is 0 Å². The van der Waals surface area contributed by atoms with Gasteiger partial charge in [-0.05, 0) is 37.9 Å². The van der Waals surface area contributed by atoms with Gasteiger partial charge in [0.05, 0.1) is 6.04 Å². The van der Waals surface area contributed by atoms with Crippen LogP contribution >= 0.6 is 23.2 Å². The number of rotatable bonds is 4. The highest BCUT2D eigenvalue weighted by Crippen LogP contribution is 2.36. The van der Waals surface area contributed by atoms with Gasteiger partial charge in [0.1, 0.15) is 0 Å². The quantitative estimate of drug-likeness (QED) is 0.876. The predicted molar refractivity (Wildman–Crippen MR) is 87.5 cm³/mol. The molecule has 1 aliphatic heterocycles. The monoisotopic (exact) mass is 314 g/mol. The summed E-state index contributed by atoms with van der Waals surface area (Å²) in [6, 6.07) is 6.41. The van der Waals surface area contributed by atoms with Crippen LogP contribution in [0.5, 0.6) is 0 Å². The molecule has 0 saturated carbocycles. The summed E-state index contributed by atoms with van der Waals surface area (Å²) in [5.41, 5.74) is 7.08. The van der Waals surface area contributed by atoms with Crippen LogP contribution in [0, 0.1) is 0 Å². The van der Waals surface area contributed by atoms with Crippen molar-refractivity contribution < 1.29 is 0 Å². The summed E-state index contributed by atoms with van der Waals surface area (Å²) in [5, 5.41) is 1.46. The Labute approximate surface area is 132 Å². The Morgan fingerprint density at radius 3 is 2.55 bits per heavy atom. The molecule has 4 heteroatoms. The molecule has 0 bridgehead atoms. The molecular formula is C16H24Cl2N2. The van der Waals surface area contributed by atoms with Gasteiger partial charge in [-0.1, -0.05) is 49.0 Å². The van der Waals surface area contributed by atoms with Crippen LogP contribution in [0.15, 0.2) is 18.2 Å². The smallest absolute Gasteiger partial charge is 0.0502 e. The molecule has 1 fully saturated rings. The topological polar surface area (TPSA) is 29.3 Å². The zero-order valence-electron chi connectivity index (χ0n) is 12.1. The van der Waals surface area contributed by atoms with Crippen LogP contribution in [-0.4, -0.2) is 24.0 Å². The van der Waals surface area contributed by atoms with E-state index in [1.165, 1.54) is 25.7 Å². The Hall–Kier alpha value is -0.280. The molecular weight excluding hydrogens is 291 g/mol. The maximum Gasteiger partial charge on any atom is 0.0502 e. The van der Waals surface area contributed by atoms with Crippen molar-refractivity contribution in [3.8, 4) is 0 Å². The summed E-state index contributed by atoms with van der Waals surface area (Å²) in [5.74, 6) is 0. The predicted octanol–water partition coefficient (Wildman–Crippen LogP) is 4.65. The average Bonchev–Trinajstić information content (AvgIpc) is 2.68. The Morgan fingerprint density at radius 2 is 1.95 bits per heavy atom. The number of nitrogens with two attached hydrogens (primary N) is 1. The molecule has 2 atom stereocenters. The van der Waals surface area contributed by atoms with Crippen LogP contribution in [0.3, 0.4) is 0 Å². The summed E-state index contributed by atoms with van der Waals surface area (Å²) in [4.78, 5) is 2.53. The lowest BCUT2D eigenvalue weighted by atomic mass is 10.0. The van der Waals surface area contributed by atoms with Crippen molar-refractivity contribution in [2.24, 2.45) is 5.73 Å². The highest BCUT2D eigenvalue weighted by Gasteiger charge is 2.29. The fourth-order valence-electron chi connectivity index (χ4n) is 3.30. The van der Waals surface area contributed by atoms with Gasteiger partial charge in [-0.2, -0.15) is 0 Å². The highest BCUT2D eigenvalue weighted by atomic mass is 35.5. The molecule has 112 valence electrons. The number of nitrogens with zero attached hydrogens (tertiary/aromatic N) is 1. The SMILES string of the molecule is CCC1CCCCCN1C(CN)c1c(Cl)cccc1Cl. The van der Waals surface area contributed by atoms with Crippen molar-refractivity contribution >= 4 is 23.2 Å². The molecule has 1 aliphatic rings. The second-order valence-electron chi connectivity index (χ2n) is 5.54. The number of hydrogen-bond acceptors (Lipinski definition) is 2. The summed E-state index contributed by atoms with van der Waals surface area (Å²) in [6.45, 7) is 3.90. The van der Waals surface area contributed by atoms with E-state index in [-0.39, 0.29) is 6.04 Å². The van der Waals surface area contributed by atoms with E-state index in [4.69, 9.17) is 28.9 Å². The molecule has 0 amide bonds. The van der Waals surface area contributed by atoms with Crippen molar-refractivity contribution in [3.05, 3.63) is 33.8 Å². The third-order valence-electron chi connectivity index (χ3n) is 4.35. The van der Waals surface area contributed by atoms with Gasteiger partial charge in [0.25, 0.3) is 0 Å². The van der Waals surface area contributed by atoms with Crippen LogP contribution < -0.4 is 5.73 Å². The molecule has 2 N–H and O–H groups in total. The number of hydrogen-bond donors (Lipinski definition) is 1. The third-order valence-corrected chi connectivity index (χ3v) is 5.01. The first kappa shape index (κ1) is 16.1. The normalized spacial score (nSPS) is 22.5. The molecule has 1 aromatic rings. The lowest BCUT2D eigenvalue weighted by molar-refractivity contribution is 0.136. The molecule has 1 heterocycles. The van der Waals surface area contributed by atoms with Gasteiger partial charge >= 0.3 is 0 Å². The molecule has 2 rings (SSSR count). The van der Waals surface area contributed by atoms with E-state index in [0.717, 1.165) is 28.6 Å². The van der Waals surface area contributed by atoms with Gasteiger partial charge in [0, 0.05) is 28.2 Å². The van der Waals surface area contributed by atoms with Crippen molar-refractivity contribution in [3.63, 3.8) is 0 Å². The van der Waals surface area contributed by atoms with Gasteiger partial charge in [-0.15, -0.1) is 0 Å². The first-order chi connectivity index (χ1) is 9.69. The second kappa shape index (κ2) is 7.65. The highest BCUT2D eigenvalue weighted by molar-refractivity contribution is 6.36. The maximum absolute atomic E-state index is 6.39. The minimum Gasteiger partial charge on any atom is -0.329 e. The van der Waals surface area contributed by atoms with Crippen LogP contribution in [0.1, 0.15) is 50.6 Å². The van der Waals surface area contributed by atoms with Gasteiger partial charge in [-0.3, -0.25) is 4.90 Å². The fourth-order valence-corrected chi connectivity index (χ4v) is 3.95. The largest absolute Gasteiger partial charge is 0.329 e. The van der Waals surface area contributed by atoms with Crippen molar-refractivity contribution in [1.82, 2.24) is 4.90 Å². The molecule has 2 nitrogen and oxygen atoms in total. The number of likely N-dealkylation sites (tertiary alicyclic amines) is 1. The van der Waals surface area contributed by atoms with Crippen LogP contribution in [-0.2, 0) is 0 Å². The van der Waals surface area contributed by atoms with Gasteiger partial charge < -0.3 is 5.73 Å². The molecule has 2 unspecified atom stereocenters. The van der Waals surface area contributed by atoms with Gasteiger partial charge in [0.2, 0.25) is 0 Å². The zero-order valence-corrected chi connectivity index (χ0v) is 13.6. The van der Waals surface area contributed by atoms with E-state index in [9.17, 15) is 0 Å². The Balaban J connectivity index is 2.34. The summed E-state index contributed by atoms with van der Waals surface area (Å²) >= 11 is 12.8. The third kappa shape index (κ3) is 3.48. The number of benzene rings is 1. The van der Waals surface area contributed by atoms with E-state index >= 15 is 0 Å². The average molecular weight is 315 g/mol. The fraction of sp³-hybridized carbons (Fsp3) is 0.625. The zero-order chi connectivity index (χ0) is 14.5. The second-order valence-corrected chi connectivity index (χ2v) is 6.35. The van der Waals surface area contributed by atoms with Gasteiger partial charge in [0.15, 0.2) is 0 Å². The molecule has 0 aromatic heterocycles. The van der Waals surface area contributed by atoms with Gasteiger partial charge in [-0.25, -0.2) is 0 Å². The first-order valence-corrected chi connectivity index (χ1v) is 8.34. The standard InChI is InChI=1S/C16H24Cl2N2/c1-2-12-7-4-3-5-10-20(12)15(11-19)16-13(17)8-6-9-14(16)18/h6,8-9,12,15H,2-5,7,10-11,19H2,1H3. The van der Waals surface area contributed by atoms with Crippen molar-refractivity contribution in [2.45, 2.75) is 51.1 Å². The Morgan fingerprint density at radius 1 is 1.25 bits per heavy atom. The Bertz CT molecular complexity index is 416. The van der Waals surface area contributed by atoms with E-state index in [1.807, 2.05) is 18.2 Å². The van der Waals surface area contributed by atoms with Crippen molar-refractivity contribution in [2.75, 3.05) is 13.1 Å². The molecule has 0 radical (unpaired) electrons. The van der Waals surface area contributed by atoms with Crippen LogP contribution in [0.4, 0.5) is 0 Å². The van der Waals surface area contributed by atoms with Crippen LogP contribution in [0.25, 0.3) is 0 Å². The molecule has 1 saturated heterocycles. The van der Waals surface area contributed by atoms with Crippen LogP contribution in [0.2, 0.25) is 10.0 Å². The number of halogens is 2. The molecule has 1 aromatic carbocycles. The summed E-state index contributed by atoms with van der Waals surface area (Å²) in [6.07, 6.45) is 6.24. The molecule has 0 aliphatic carbocycles. The summed E-state index contributed by atoms with van der Waals surface area (Å²) in [7, 11) is 0. The van der Waals surface area contributed by atoms with E-state index in [0.29, 0.717) is 12.6 Å². The molecule has 0 spiro atoms. The Kier molecular flexibility index (Phi) is 6.16. The molecule has 20 heavy (non-hydrogen) atoms. The minimum absolute atomic E-state index is 0.124. The van der Waals surface area contributed by atoms with E-state index in [2.05, 4.69) is 11.8 Å². The van der Waals surface area contributed by atoms with E-state index < -0.39 is 0 Å². The lowest BCUT2D eigenvalue weighted by Crippen LogP contribution is -2.41. The summed E-state index contributed by atoms with van der Waals surface area (Å²) < 4.78 is 0. The first-order valence-electron chi connectivity index (χ1n) is 7.58. The lowest BCUT2D eigenvalue weighted by Gasteiger charge is -2.37.